The van der Waals surface area contributed by atoms with Crippen molar-refractivity contribution in [2.45, 2.75) is 20.3 Å². The minimum atomic E-state index is -0.144. The fraction of sp³-hybridized carbons (Fsp3) is 0.235. The molecule has 1 amide bonds. The zero-order valence-electron chi connectivity index (χ0n) is 12.3. The van der Waals surface area contributed by atoms with Crippen molar-refractivity contribution in [3.63, 3.8) is 0 Å². The van der Waals surface area contributed by atoms with Crippen LogP contribution in [0, 0.1) is 6.92 Å². The zero-order valence-corrected chi connectivity index (χ0v) is 12.3. The highest BCUT2D eigenvalue weighted by Gasteiger charge is 2.09. The lowest BCUT2D eigenvalue weighted by Gasteiger charge is -2.09. The lowest BCUT2D eigenvalue weighted by atomic mass is 10.1. The Balaban J connectivity index is 2.05. The molecule has 2 aromatic carbocycles. The third-order valence-electron chi connectivity index (χ3n) is 3.08. The van der Waals surface area contributed by atoms with Gasteiger partial charge in [0.2, 0.25) is 0 Å². The Morgan fingerprint density at radius 1 is 1.19 bits per heavy atom. The van der Waals surface area contributed by atoms with E-state index >= 15 is 0 Å². The van der Waals surface area contributed by atoms with Gasteiger partial charge in [-0.05, 0) is 61.4 Å². The summed E-state index contributed by atoms with van der Waals surface area (Å²) in [5.74, 6) is 0.660. The molecule has 0 spiro atoms. The molecule has 2 rings (SSSR count). The van der Waals surface area contributed by atoms with Crippen LogP contribution in [-0.4, -0.2) is 12.5 Å². The average molecular weight is 284 g/mol. The molecule has 0 aliphatic heterocycles. The second-order valence-corrected chi connectivity index (χ2v) is 4.90. The van der Waals surface area contributed by atoms with Crippen molar-refractivity contribution >= 4 is 17.3 Å². The first-order chi connectivity index (χ1) is 10.1. The highest BCUT2D eigenvalue weighted by atomic mass is 16.5. The van der Waals surface area contributed by atoms with Crippen LogP contribution < -0.4 is 15.8 Å². The van der Waals surface area contributed by atoms with Gasteiger partial charge in [0.1, 0.15) is 5.75 Å². The second-order valence-electron chi connectivity index (χ2n) is 4.90. The Bertz CT molecular complexity index is 621. The van der Waals surface area contributed by atoms with E-state index in [1.165, 1.54) is 0 Å². The Kier molecular flexibility index (Phi) is 4.82. The van der Waals surface area contributed by atoms with Crippen LogP contribution in [0.15, 0.2) is 42.5 Å². The maximum absolute atomic E-state index is 12.2. The van der Waals surface area contributed by atoms with Gasteiger partial charge in [-0.25, -0.2) is 0 Å². The second kappa shape index (κ2) is 6.79. The maximum Gasteiger partial charge on any atom is 0.255 e. The predicted molar refractivity (Wildman–Crippen MR) is 85.8 cm³/mol. The monoisotopic (exact) mass is 284 g/mol. The normalized spacial score (nSPS) is 10.2. The molecule has 0 aliphatic carbocycles. The highest BCUT2D eigenvalue weighted by Crippen LogP contribution is 2.18. The van der Waals surface area contributed by atoms with Gasteiger partial charge in [-0.1, -0.05) is 6.92 Å². The number of anilines is 2. The number of nitrogens with one attached hydrogen (secondary N) is 1. The zero-order chi connectivity index (χ0) is 15.2. The number of carbonyl (C=O) groups is 1. The predicted octanol–water partition coefficient (Wildman–Crippen LogP) is 3.62. The number of rotatable bonds is 5. The molecular formula is C17H20N2O2. The van der Waals surface area contributed by atoms with Crippen LogP contribution in [0.3, 0.4) is 0 Å². The Morgan fingerprint density at radius 2 is 1.90 bits per heavy atom. The number of nitrogen functional groups attached to an aromatic ring is 1. The molecular weight excluding hydrogens is 264 g/mol. The molecule has 0 saturated carbocycles. The SMILES string of the molecule is CCCOc1ccc(NC(=O)c2ccc(N)cc2C)cc1. The Morgan fingerprint density at radius 3 is 2.52 bits per heavy atom. The first kappa shape index (κ1) is 14.9. The van der Waals surface area contributed by atoms with Crippen molar-refractivity contribution in [3.8, 4) is 5.75 Å². The van der Waals surface area contributed by atoms with Gasteiger partial charge in [0.05, 0.1) is 6.61 Å². The van der Waals surface area contributed by atoms with Crippen LogP contribution in [0.2, 0.25) is 0 Å². The lowest BCUT2D eigenvalue weighted by molar-refractivity contribution is 0.102. The summed E-state index contributed by atoms with van der Waals surface area (Å²) in [4.78, 5) is 12.2. The van der Waals surface area contributed by atoms with E-state index in [0.717, 1.165) is 23.4 Å². The number of aryl methyl sites for hydroxylation is 1. The number of hydrogen-bond acceptors (Lipinski definition) is 3. The van der Waals surface area contributed by atoms with Crippen molar-refractivity contribution < 1.29 is 9.53 Å². The molecule has 0 saturated heterocycles. The van der Waals surface area contributed by atoms with E-state index in [2.05, 4.69) is 12.2 Å². The van der Waals surface area contributed by atoms with Crippen LogP contribution in [0.25, 0.3) is 0 Å². The molecule has 4 nitrogen and oxygen atoms in total. The van der Waals surface area contributed by atoms with E-state index in [-0.39, 0.29) is 5.91 Å². The third-order valence-corrected chi connectivity index (χ3v) is 3.08. The third kappa shape index (κ3) is 3.99. The minimum absolute atomic E-state index is 0.144. The minimum Gasteiger partial charge on any atom is -0.494 e. The first-order valence-electron chi connectivity index (χ1n) is 7.00. The van der Waals surface area contributed by atoms with Crippen LogP contribution in [-0.2, 0) is 0 Å². The molecule has 0 bridgehead atoms. The first-order valence-corrected chi connectivity index (χ1v) is 7.00. The van der Waals surface area contributed by atoms with Gasteiger partial charge in [0.15, 0.2) is 0 Å². The molecule has 21 heavy (non-hydrogen) atoms. The standard InChI is InChI=1S/C17H20N2O2/c1-3-10-21-15-7-5-14(6-8-15)19-17(20)16-9-4-13(18)11-12(16)2/h4-9,11H,3,10,18H2,1-2H3,(H,19,20). The number of carbonyl (C=O) groups excluding carboxylic acids is 1. The van der Waals surface area contributed by atoms with Gasteiger partial charge in [-0.3, -0.25) is 4.79 Å². The van der Waals surface area contributed by atoms with Crippen LogP contribution in [0.4, 0.5) is 11.4 Å². The Hall–Kier alpha value is -2.49. The van der Waals surface area contributed by atoms with Crippen molar-refractivity contribution in [1.29, 1.82) is 0 Å². The summed E-state index contributed by atoms with van der Waals surface area (Å²) in [6, 6.07) is 12.6. The largest absolute Gasteiger partial charge is 0.494 e. The Labute approximate surface area is 124 Å². The molecule has 0 aliphatic rings. The highest BCUT2D eigenvalue weighted by molar-refractivity contribution is 6.05. The fourth-order valence-electron chi connectivity index (χ4n) is 1.99. The summed E-state index contributed by atoms with van der Waals surface area (Å²) in [5, 5.41) is 2.87. The molecule has 0 radical (unpaired) electrons. The van der Waals surface area contributed by atoms with E-state index in [9.17, 15) is 4.79 Å². The van der Waals surface area contributed by atoms with Gasteiger partial charge in [-0.2, -0.15) is 0 Å². The molecule has 2 aromatic rings. The van der Waals surface area contributed by atoms with E-state index in [4.69, 9.17) is 10.5 Å². The smallest absolute Gasteiger partial charge is 0.255 e. The average Bonchev–Trinajstić information content (AvgIpc) is 2.46. The van der Waals surface area contributed by atoms with Crippen molar-refractivity contribution in [1.82, 2.24) is 0 Å². The van der Waals surface area contributed by atoms with Crippen molar-refractivity contribution in [3.05, 3.63) is 53.6 Å². The van der Waals surface area contributed by atoms with Gasteiger partial charge in [0.25, 0.3) is 5.91 Å². The van der Waals surface area contributed by atoms with Gasteiger partial charge >= 0.3 is 0 Å². The number of hydrogen-bond donors (Lipinski definition) is 2. The topological polar surface area (TPSA) is 64.3 Å². The molecule has 0 aromatic heterocycles. The van der Waals surface area contributed by atoms with E-state index in [1.54, 1.807) is 18.2 Å². The van der Waals surface area contributed by atoms with Crippen LogP contribution >= 0.6 is 0 Å². The van der Waals surface area contributed by atoms with Crippen LogP contribution in [0.5, 0.6) is 5.75 Å². The number of nitrogens with two attached hydrogens (primary N) is 1. The number of amides is 1. The summed E-state index contributed by atoms with van der Waals surface area (Å²) in [5.41, 5.74) is 8.56. The molecule has 3 N–H and O–H groups in total. The van der Waals surface area contributed by atoms with Crippen molar-refractivity contribution in [2.75, 3.05) is 17.7 Å². The summed E-state index contributed by atoms with van der Waals surface area (Å²) >= 11 is 0. The van der Waals surface area contributed by atoms with E-state index < -0.39 is 0 Å². The molecule has 110 valence electrons. The molecule has 0 atom stereocenters. The fourth-order valence-corrected chi connectivity index (χ4v) is 1.99. The van der Waals surface area contributed by atoms with E-state index in [1.807, 2.05) is 31.2 Å². The number of ether oxygens (including phenoxy) is 1. The molecule has 0 fully saturated rings. The molecule has 4 heteroatoms. The van der Waals surface area contributed by atoms with Gasteiger partial charge < -0.3 is 15.8 Å². The van der Waals surface area contributed by atoms with Crippen LogP contribution in [0.1, 0.15) is 29.3 Å². The lowest BCUT2D eigenvalue weighted by Crippen LogP contribution is -2.13. The van der Waals surface area contributed by atoms with Gasteiger partial charge in [0, 0.05) is 16.9 Å². The van der Waals surface area contributed by atoms with Crippen molar-refractivity contribution in [2.24, 2.45) is 0 Å². The molecule has 0 unspecified atom stereocenters. The van der Waals surface area contributed by atoms with E-state index in [0.29, 0.717) is 17.9 Å². The summed E-state index contributed by atoms with van der Waals surface area (Å²) in [6.45, 7) is 4.62. The summed E-state index contributed by atoms with van der Waals surface area (Å²) < 4.78 is 5.51. The molecule has 0 heterocycles. The quantitative estimate of drug-likeness (QED) is 0.824. The van der Waals surface area contributed by atoms with Gasteiger partial charge in [-0.15, -0.1) is 0 Å². The number of benzene rings is 2. The summed E-state index contributed by atoms with van der Waals surface area (Å²) in [6.07, 6.45) is 0.967. The summed E-state index contributed by atoms with van der Waals surface area (Å²) in [7, 11) is 0. The maximum atomic E-state index is 12.2.